The molecule has 0 spiro atoms. The molecular formula is C13H11F3N6. The van der Waals surface area contributed by atoms with Crippen molar-refractivity contribution in [2.75, 3.05) is 5.73 Å². The van der Waals surface area contributed by atoms with E-state index < -0.39 is 17.8 Å². The van der Waals surface area contributed by atoms with Gasteiger partial charge in [0.05, 0.1) is 24.0 Å². The highest BCUT2D eigenvalue weighted by Crippen LogP contribution is 2.24. The van der Waals surface area contributed by atoms with Crippen LogP contribution in [0.1, 0.15) is 17.7 Å². The van der Waals surface area contributed by atoms with Crippen LogP contribution in [-0.4, -0.2) is 24.5 Å². The van der Waals surface area contributed by atoms with E-state index in [1.807, 2.05) is 0 Å². The molecule has 3 rings (SSSR count). The summed E-state index contributed by atoms with van der Waals surface area (Å²) >= 11 is 0. The monoisotopic (exact) mass is 308 g/mol. The maximum Gasteiger partial charge on any atom is 0.266 e. The van der Waals surface area contributed by atoms with E-state index in [-0.39, 0.29) is 0 Å². The van der Waals surface area contributed by atoms with Crippen molar-refractivity contribution in [2.45, 2.75) is 13.0 Å². The van der Waals surface area contributed by atoms with Gasteiger partial charge < -0.3 is 10.3 Å². The van der Waals surface area contributed by atoms with Crippen molar-refractivity contribution in [1.82, 2.24) is 24.5 Å². The second kappa shape index (κ2) is 5.51. The van der Waals surface area contributed by atoms with E-state index in [4.69, 9.17) is 5.73 Å². The molecule has 2 N–H and O–H groups in total. The molecule has 22 heavy (non-hydrogen) atoms. The molecule has 0 aliphatic heterocycles. The highest BCUT2D eigenvalue weighted by atomic mass is 19.3. The molecule has 0 aliphatic carbocycles. The summed E-state index contributed by atoms with van der Waals surface area (Å²) in [4.78, 5) is 3.88. The smallest absolute Gasteiger partial charge is 0.266 e. The molecule has 0 amide bonds. The van der Waals surface area contributed by atoms with E-state index in [9.17, 15) is 13.2 Å². The number of hydrogen-bond acceptors (Lipinski definition) is 4. The zero-order valence-electron chi connectivity index (χ0n) is 11.2. The zero-order valence-corrected chi connectivity index (χ0v) is 11.2. The Kier molecular flexibility index (Phi) is 3.53. The zero-order chi connectivity index (χ0) is 15.7. The van der Waals surface area contributed by atoms with E-state index in [0.717, 1.165) is 12.1 Å². The Labute approximate surface area is 123 Å². The van der Waals surface area contributed by atoms with Crippen molar-refractivity contribution in [3.8, 4) is 5.69 Å². The summed E-state index contributed by atoms with van der Waals surface area (Å²) < 4.78 is 41.7. The van der Waals surface area contributed by atoms with Crippen molar-refractivity contribution < 1.29 is 13.2 Å². The first kappa shape index (κ1) is 14.1. The number of imidazole rings is 1. The Balaban J connectivity index is 1.88. The number of hydrogen-bond donors (Lipinski definition) is 1. The van der Waals surface area contributed by atoms with Crippen LogP contribution in [-0.2, 0) is 6.54 Å². The lowest BCUT2D eigenvalue weighted by Crippen LogP contribution is -2.03. The van der Waals surface area contributed by atoms with E-state index in [1.54, 1.807) is 23.2 Å². The van der Waals surface area contributed by atoms with Crippen LogP contribution in [0.4, 0.5) is 19.1 Å². The van der Waals surface area contributed by atoms with Gasteiger partial charge in [-0.15, -0.1) is 5.10 Å². The van der Waals surface area contributed by atoms with E-state index in [1.165, 1.54) is 10.7 Å². The Morgan fingerprint density at radius 1 is 1.27 bits per heavy atom. The molecule has 114 valence electrons. The number of rotatable bonds is 4. The van der Waals surface area contributed by atoms with Crippen LogP contribution in [0, 0.1) is 5.82 Å². The maximum absolute atomic E-state index is 13.3. The largest absolute Gasteiger partial charge is 0.369 e. The van der Waals surface area contributed by atoms with Crippen LogP contribution >= 0.6 is 0 Å². The Morgan fingerprint density at radius 3 is 2.77 bits per heavy atom. The molecule has 2 aromatic heterocycles. The van der Waals surface area contributed by atoms with Crippen LogP contribution in [0.3, 0.4) is 0 Å². The molecule has 0 aliphatic rings. The average Bonchev–Trinajstić information content (AvgIpc) is 3.10. The van der Waals surface area contributed by atoms with Crippen molar-refractivity contribution in [1.29, 1.82) is 0 Å². The third kappa shape index (κ3) is 2.65. The Bertz CT molecular complexity index is 795. The first-order chi connectivity index (χ1) is 10.5. The minimum Gasteiger partial charge on any atom is -0.369 e. The Morgan fingerprint density at radius 2 is 2.09 bits per heavy atom. The van der Waals surface area contributed by atoms with Crippen LogP contribution in [0.25, 0.3) is 5.69 Å². The minimum absolute atomic E-state index is 0.300. The van der Waals surface area contributed by atoms with E-state index in [0.29, 0.717) is 23.9 Å². The van der Waals surface area contributed by atoms with Gasteiger partial charge >= 0.3 is 0 Å². The quantitative estimate of drug-likeness (QED) is 0.801. The summed E-state index contributed by atoms with van der Waals surface area (Å²) in [6.07, 6.45) is 1.89. The molecule has 0 bridgehead atoms. The molecule has 9 heteroatoms. The highest BCUT2D eigenvalue weighted by Gasteiger charge is 2.15. The van der Waals surface area contributed by atoms with E-state index >= 15 is 0 Å². The number of nitrogens with two attached hydrogens (primary N) is 1. The number of anilines is 1. The van der Waals surface area contributed by atoms with Gasteiger partial charge in [0.15, 0.2) is 5.95 Å². The number of nitrogens with zero attached hydrogens (tertiary/aromatic N) is 5. The number of alkyl halides is 2. The summed E-state index contributed by atoms with van der Waals surface area (Å²) in [7, 11) is 0. The molecule has 0 atom stereocenters. The first-order valence-corrected chi connectivity index (χ1v) is 6.30. The van der Waals surface area contributed by atoms with Gasteiger partial charge in [0, 0.05) is 12.4 Å². The third-order valence-electron chi connectivity index (χ3n) is 3.10. The highest BCUT2D eigenvalue weighted by molar-refractivity contribution is 5.36. The molecule has 3 aromatic rings. The fourth-order valence-corrected chi connectivity index (χ4v) is 1.99. The van der Waals surface area contributed by atoms with Crippen LogP contribution in [0.2, 0.25) is 0 Å². The number of halogens is 3. The topological polar surface area (TPSA) is 74.5 Å². The fourth-order valence-electron chi connectivity index (χ4n) is 1.99. The third-order valence-corrected chi connectivity index (χ3v) is 3.10. The number of aromatic nitrogens is 5. The van der Waals surface area contributed by atoms with Gasteiger partial charge in [-0.1, -0.05) is 5.21 Å². The molecule has 0 saturated carbocycles. The molecule has 2 heterocycles. The molecule has 0 radical (unpaired) electrons. The molecule has 0 fully saturated rings. The number of benzene rings is 1. The minimum atomic E-state index is -2.89. The predicted octanol–water partition coefficient (Wildman–Crippen LogP) is 2.17. The first-order valence-electron chi connectivity index (χ1n) is 6.30. The standard InChI is InChI=1S/C13H11F3N6/c14-11-2-1-9(5-10(11)12(15)16)22-7-8(19-20-22)6-21-4-3-18-13(21)17/h1-5,7,12H,6H2,(H2,17,18). The summed E-state index contributed by atoms with van der Waals surface area (Å²) in [6, 6.07) is 3.38. The molecular weight excluding hydrogens is 297 g/mol. The summed E-state index contributed by atoms with van der Waals surface area (Å²) in [6.45, 7) is 0.342. The number of nitrogen functional groups attached to an aromatic ring is 1. The Hall–Kier alpha value is -2.84. The van der Waals surface area contributed by atoms with Crippen molar-refractivity contribution >= 4 is 5.95 Å². The molecule has 6 nitrogen and oxygen atoms in total. The summed E-state index contributed by atoms with van der Waals surface area (Å²) in [5.74, 6) is -0.624. The molecule has 0 saturated heterocycles. The van der Waals surface area contributed by atoms with Crippen LogP contribution in [0.15, 0.2) is 36.8 Å². The van der Waals surface area contributed by atoms with Gasteiger partial charge in [0.2, 0.25) is 0 Å². The van der Waals surface area contributed by atoms with Crippen molar-refractivity contribution in [2.24, 2.45) is 0 Å². The van der Waals surface area contributed by atoms with E-state index in [2.05, 4.69) is 15.3 Å². The summed E-state index contributed by atoms with van der Waals surface area (Å²) in [5, 5.41) is 7.78. The second-order valence-electron chi connectivity index (χ2n) is 4.57. The summed E-state index contributed by atoms with van der Waals surface area (Å²) in [5.41, 5.74) is 5.84. The van der Waals surface area contributed by atoms with Gasteiger partial charge in [-0.3, -0.25) is 0 Å². The lowest BCUT2D eigenvalue weighted by atomic mass is 10.2. The van der Waals surface area contributed by atoms with Gasteiger partial charge in [-0.25, -0.2) is 22.8 Å². The van der Waals surface area contributed by atoms with Crippen LogP contribution in [0.5, 0.6) is 0 Å². The van der Waals surface area contributed by atoms with Crippen molar-refractivity contribution in [3.05, 3.63) is 53.9 Å². The van der Waals surface area contributed by atoms with Gasteiger partial charge in [0.1, 0.15) is 11.5 Å². The fraction of sp³-hybridized carbons (Fsp3) is 0.154. The van der Waals surface area contributed by atoms with Gasteiger partial charge in [-0.05, 0) is 18.2 Å². The molecule has 1 aromatic carbocycles. The SMILES string of the molecule is Nc1nccn1Cc1cn(-c2ccc(F)c(C(F)F)c2)nn1. The van der Waals surface area contributed by atoms with Gasteiger partial charge in [0.25, 0.3) is 6.43 Å². The van der Waals surface area contributed by atoms with Gasteiger partial charge in [-0.2, -0.15) is 0 Å². The normalized spacial score (nSPS) is 11.3. The molecule has 0 unspecified atom stereocenters. The lowest BCUT2D eigenvalue weighted by Gasteiger charge is -2.05. The predicted molar refractivity (Wildman–Crippen MR) is 72.0 cm³/mol. The van der Waals surface area contributed by atoms with Crippen LogP contribution < -0.4 is 5.73 Å². The average molecular weight is 308 g/mol. The van der Waals surface area contributed by atoms with Crippen molar-refractivity contribution in [3.63, 3.8) is 0 Å². The maximum atomic E-state index is 13.3. The lowest BCUT2D eigenvalue weighted by molar-refractivity contribution is 0.146. The second-order valence-corrected chi connectivity index (χ2v) is 4.57.